The Morgan fingerprint density at radius 1 is 1.47 bits per heavy atom. The summed E-state index contributed by atoms with van der Waals surface area (Å²) in [5.41, 5.74) is -0.608. The van der Waals surface area contributed by atoms with Crippen LogP contribution < -0.4 is 4.72 Å². The summed E-state index contributed by atoms with van der Waals surface area (Å²) in [4.78, 5) is 9.38. The Morgan fingerprint density at radius 3 is 2.65 bits per heavy atom. The summed E-state index contributed by atoms with van der Waals surface area (Å²) >= 11 is 5.56. The number of hydrogen-bond donors (Lipinski definition) is 2. The summed E-state index contributed by atoms with van der Waals surface area (Å²) in [6.07, 6.45) is 0. The number of rotatable bonds is 5. The fourth-order valence-electron chi connectivity index (χ4n) is 1.12. The molecule has 0 atom stereocenters. The van der Waals surface area contributed by atoms with E-state index in [1.165, 1.54) is 6.07 Å². The minimum absolute atomic E-state index is 0.0674. The minimum Gasteiger partial charge on any atom is -0.395 e. The number of aliphatic hydroxyl groups is 1. The molecule has 0 bridgehead atoms. The van der Waals surface area contributed by atoms with E-state index in [-0.39, 0.29) is 11.6 Å². The number of nitrogens with one attached hydrogen (secondary N) is 1. The third-order valence-corrected chi connectivity index (χ3v) is 3.55. The molecule has 94 valence electrons. The van der Waals surface area contributed by atoms with Gasteiger partial charge in [-0.25, -0.2) is 13.1 Å². The van der Waals surface area contributed by atoms with Gasteiger partial charge in [0.2, 0.25) is 10.0 Å². The quantitative estimate of drug-likeness (QED) is 0.603. The first kappa shape index (κ1) is 13.8. The fourth-order valence-corrected chi connectivity index (χ4v) is 2.46. The standard InChI is InChI=1S/C8H9ClN2O5S/c9-6-1-2-8(7(5-6)11(13)14)17(15,16)10-3-4-12/h1-2,5,10,12H,3-4H2. The first-order valence-corrected chi connectivity index (χ1v) is 6.29. The first-order valence-electron chi connectivity index (χ1n) is 4.43. The normalized spacial score (nSPS) is 11.4. The summed E-state index contributed by atoms with van der Waals surface area (Å²) < 4.78 is 25.3. The monoisotopic (exact) mass is 280 g/mol. The number of nitrogens with zero attached hydrogens (tertiary/aromatic N) is 1. The number of aliphatic hydroxyl groups excluding tert-OH is 1. The molecule has 0 fully saturated rings. The highest BCUT2D eigenvalue weighted by atomic mass is 35.5. The van der Waals surface area contributed by atoms with Gasteiger partial charge in [-0.15, -0.1) is 0 Å². The predicted molar refractivity (Wildman–Crippen MR) is 60.4 cm³/mol. The molecule has 1 aromatic rings. The minimum atomic E-state index is -4.03. The zero-order valence-electron chi connectivity index (χ0n) is 8.46. The van der Waals surface area contributed by atoms with Crippen molar-refractivity contribution in [2.45, 2.75) is 4.90 Å². The molecule has 0 aromatic heterocycles. The molecule has 0 radical (unpaired) electrons. The van der Waals surface area contributed by atoms with E-state index in [2.05, 4.69) is 0 Å². The molecule has 0 aliphatic rings. The number of hydrogen-bond acceptors (Lipinski definition) is 5. The number of benzene rings is 1. The van der Waals surface area contributed by atoms with Crippen LogP contribution in [0.1, 0.15) is 0 Å². The van der Waals surface area contributed by atoms with Crippen LogP contribution in [-0.4, -0.2) is 31.6 Å². The van der Waals surface area contributed by atoms with Crippen LogP contribution in [0.5, 0.6) is 0 Å². The topological polar surface area (TPSA) is 110 Å². The molecule has 0 spiro atoms. The van der Waals surface area contributed by atoms with Crippen LogP contribution in [0.4, 0.5) is 5.69 Å². The Bertz CT molecular complexity index is 531. The van der Waals surface area contributed by atoms with Gasteiger partial charge in [-0.3, -0.25) is 10.1 Å². The van der Waals surface area contributed by atoms with Gasteiger partial charge >= 0.3 is 0 Å². The third-order valence-electron chi connectivity index (χ3n) is 1.81. The van der Waals surface area contributed by atoms with E-state index in [1.54, 1.807) is 0 Å². The smallest absolute Gasteiger partial charge is 0.290 e. The molecule has 2 N–H and O–H groups in total. The Hall–Kier alpha value is -1.22. The zero-order valence-corrected chi connectivity index (χ0v) is 10.0. The molecule has 0 saturated heterocycles. The van der Waals surface area contributed by atoms with Crippen molar-refractivity contribution in [2.24, 2.45) is 0 Å². The summed E-state index contributed by atoms with van der Waals surface area (Å²) in [6.45, 7) is -0.622. The van der Waals surface area contributed by atoms with E-state index in [0.29, 0.717) is 0 Å². The van der Waals surface area contributed by atoms with Crippen LogP contribution in [-0.2, 0) is 10.0 Å². The predicted octanol–water partition coefficient (Wildman–Crippen LogP) is 0.519. The zero-order chi connectivity index (χ0) is 13.1. The highest BCUT2D eigenvalue weighted by Crippen LogP contribution is 2.26. The largest absolute Gasteiger partial charge is 0.395 e. The van der Waals surface area contributed by atoms with Gasteiger partial charge in [0.1, 0.15) is 0 Å². The van der Waals surface area contributed by atoms with E-state index in [4.69, 9.17) is 16.7 Å². The summed E-state index contributed by atoms with van der Waals surface area (Å²) in [6, 6.07) is 3.23. The van der Waals surface area contributed by atoms with Crippen LogP contribution in [0, 0.1) is 10.1 Å². The van der Waals surface area contributed by atoms with Crippen LogP contribution in [0.25, 0.3) is 0 Å². The molecule has 9 heteroatoms. The van der Waals surface area contributed by atoms with Gasteiger partial charge < -0.3 is 5.11 Å². The molecule has 1 aromatic carbocycles. The summed E-state index contributed by atoms with van der Waals surface area (Å²) in [7, 11) is -4.03. The fraction of sp³-hybridized carbons (Fsp3) is 0.250. The third kappa shape index (κ3) is 3.37. The first-order chi connectivity index (χ1) is 7.88. The van der Waals surface area contributed by atoms with Crippen LogP contribution in [0.2, 0.25) is 5.02 Å². The SMILES string of the molecule is O=[N+]([O-])c1cc(Cl)ccc1S(=O)(=O)NCCO. The van der Waals surface area contributed by atoms with Gasteiger partial charge in [0.25, 0.3) is 5.69 Å². The van der Waals surface area contributed by atoms with Crippen molar-refractivity contribution < 1.29 is 18.4 Å². The van der Waals surface area contributed by atoms with Crippen molar-refractivity contribution in [1.29, 1.82) is 0 Å². The molecule has 0 amide bonds. The van der Waals surface area contributed by atoms with Crippen LogP contribution in [0.15, 0.2) is 23.1 Å². The summed E-state index contributed by atoms with van der Waals surface area (Å²) in [5.74, 6) is 0. The lowest BCUT2D eigenvalue weighted by atomic mass is 10.3. The Morgan fingerprint density at radius 2 is 2.12 bits per heavy atom. The lowest BCUT2D eigenvalue weighted by Gasteiger charge is -2.06. The second kappa shape index (κ2) is 5.41. The van der Waals surface area contributed by atoms with Crippen molar-refractivity contribution >= 4 is 27.3 Å². The Balaban J connectivity index is 3.26. The average Bonchev–Trinajstić information content (AvgIpc) is 2.26. The van der Waals surface area contributed by atoms with Crippen LogP contribution >= 0.6 is 11.6 Å². The second-order valence-corrected chi connectivity index (χ2v) is 5.16. The van der Waals surface area contributed by atoms with Gasteiger partial charge in [0, 0.05) is 17.6 Å². The van der Waals surface area contributed by atoms with E-state index >= 15 is 0 Å². The van der Waals surface area contributed by atoms with Gasteiger partial charge in [-0.05, 0) is 12.1 Å². The highest BCUT2D eigenvalue weighted by Gasteiger charge is 2.25. The molecule has 0 heterocycles. The molecule has 0 aliphatic carbocycles. The van der Waals surface area contributed by atoms with Crippen LogP contribution in [0.3, 0.4) is 0 Å². The van der Waals surface area contributed by atoms with Gasteiger partial charge in [0.05, 0.1) is 11.5 Å². The van der Waals surface area contributed by atoms with Gasteiger partial charge in [-0.2, -0.15) is 0 Å². The molecule has 17 heavy (non-hydrogen) atoms. The van der Waals surface area contributed by atoms with Crippen molar-refractivity contribution in [2.75, 3.05) is 13.2 Å². The maximum atomic E-state index is 11.7. The molecule has 1 rings (SSSR count). The van der Waals surface area contributed by atoms with Crippen molar-refractivity contribution in [1.82, 2.24) is 4.72 Å². The average molecular weight is 281 g/mol. The maximum absolute atomic E-state index is 11.7. The number of sulfonamides is 1. The molecule has 7 nitrogen and oxygen atoms in total. The molecule has 0 unspecified atom stereocenters. The number of nitro benzene ring substituents is 1. The Labute approximate surface area is 102 Å². The maximum Gasteiger partial charge on any atom is 0.290 e. The molecular formula is C8H9ClN2O5S. The number of nitro groups is 1. The van der Waals surface area contributed by atoms with Gasteiger partial charge in [0.15, 0.2) is 4.90 Å². The highest BCUT2D eigenvalue weighted by molar-refractivity contribution is 7.89. The van der Waals surface area contributed by atoms with Crippen molar-refractivity contribution in [3.63, 3.8) is 0 Å². The van der Waals surface area contributed by atoms with E-state index in [9.17, 15) is 18.5 Å². The second-order valence-electron chi connectivity index (χ2n) is 2.99. The van der Waals surface area contributed by atoms with Gasteiger partial charge in [-0.1, -0.05) is 11.6 Å². The molecule has 0 saturated carbocycles. The summed E-state index contributed by atoms with van der Waals surface area (Å²) in [5, 5.41) is 19.3. The van der Waals surface area contributed by atoms with Crippen molar-refractivity contribution in [3.05, 3.63) is 33.3 Å². The molecule has 0 aliphatic heterocycles. The molecular weight excluding hydrogens is 272 g/mol. The lowest BCUT2D eigenvalue weighted by molar-refractivity contribution is -0.387. The van der Waals surface area contributed by atoms with E-state index in [1.807, 2.05) is 4.72 Å². The Kier molecular flexibility index (Phi) is 4.40. The number of halogens is 1. The van der Waals surface area contributed by atoms with E-state index < -0.39 is 32.1 Å². The van der Waals surface area contributed by atoms with E-state index in [0.717, 1.165) is 12.1 Å². The lowest BCUT2D eigenvalue weighted by Crippen LogP contribution is -2.27. The van der Waals surface area contributed by atoms with Crippen molar-refractivity contribution in [3.8, 4) is 0 Å².